The largest absolute Gasteiger partial charge is 0.481 e. The monoisotopic (exact) mass is 522 g/mol. The average molecular weight is 523 g/mol. The molecular formula is C26H23ClN4O6. The SMILES string of the molecule is CC(OC(=O)Nc1c(-c2ccc(C(=O)NC3CC3C(C)C(=O)O)cc2)noc1C#N)c1ccccc1Cl. The molecule has 0 aliphatic heterocycles. The minimum absolute atomic E-state index is 0.0274. The van der Waals surface area contributed by atoms with Crippen molar-refractivity contribution in [1.29, 1.82) is 5.26 Å². The number of hydrogen-bond acceptors (Lipinski definition) is 7. The number of nitrogens with zero attached hydrogens (tertiary/aromatic N) is 2. The lowest BCUT2D eigenvalue weighted by Gasteiger charge is -2.15. The molecule has 1 heterocycles. The van der Waals surface area contributed by atoms with Gasteiger partial charge in [0.1, 0.15) is 23.6 Å². The third kappa shape index (κ3) is 5.73. The molecule has 1 aromatic heterocycles. The van der Waals surface area contributed by atoms with Gasteiger partial charge in [0.15, 0.2) is 0 Å². The van der Waals surface area contributed by atoms with Crippen LogP contribution in [0.25, 0.3) is 11.3 Å². The van der Waals surface area contributed by atoms with Crippen molar-refractivity contribution in [1.82, 2.24) is 10.5 Å². The summed E-state index contributed by atoms with van der Waals surface area (Å²) in [5, 5.41) is 28.2. The maximum Gasteiger partial charge on any atom is 0.412 e. The van der Waals surface area contributed by atoms with Crippen LogP contribution >= 0.6 is 11.6 Å². The molecule has 37 heavy (non-hydrogen) atoms. The highest BCUT2D eigenvalue weighted by molar-refractivity contribution is 6.31. The van der Waals surface area contributed by atoms with Crippen molar-refractivity contribution in [3.8, 4) is 17.3 Å². The van der Waals surface area contributed by atoms with Gasteiger partial charge in [-0.1, -0.05) is 54.0 Å². The van der Waals surface area contributed by atoms with E-state index in [2.05, 4.69) is 15.8 Å². The third-order valence-corrected chi connectivity index (χ3v) is 6.60. The third-order valence-electron chi connectivity index (χ3n) is 6.26. The van der Waals surface area contributed by atoms with Crippen molar-refractivity contribution in [2.45, 2.75) is 32.4 Å². The first-order valence-electron chi connectivity index (χ1n) is 11.5. The normalized spacial score (nSPS) is 17.7. The first-order chi connectivity index (χ1) is 17.7. The summed E-state index contributed by atoms with van der Waals surface area (Å²) < 4.78 is 10.5. The highest BCUT2D eigenvalue weighted by atomic mass is 35.5. The molecule has 4 atom stereocenters. The molecule has 0 saturated heterocycles. The van der Waals surface area contributed by atoms with Gasteiger partial charge in [0.05, 0.1) is 5.92 Å². The van der Waals surface area contributed by atoms with E-state index < -0.39 is 24.1 Å². The van der Waals surface area contributed by atoms with Crippen LogP contribution in [0.15, 0.2) is 53.1 Å². The maximum atomic E-state index is 12.6. The number of nitriles is 1. The summed E-state index contributed by atoms with van der Waals surface area (Å²) in [6.45, 7) is 3.29. The zero-order valence-corrected chi connectivity index (χ0v) is 20.7. The number of ether oxygens (including phenoxy) is 1. The Hall–Kier alpha value is -4.36. The van der Waals surface area contributed by atoms with E-state index in [-0.39, 0.29) is 35.0 Å². The Morgan fingerprint density at radius 3 is 2.54 bits per heavy atom. The fourth-order valence-electron chi connectivity index (χ4n) is 3.99. The van der Waals surface area contributed by atoms with Gasteiger partial charge in [0.25, 0.3) is 11.7 Å². The fraction of sp³-hybridized carbons (Fsp3) is 0.269. The molecular weight excluding hydrogens is 500 g/mol. The molecule has 190 valence electrons. The minimum atomic E-state index is -0.887. The number of benzene rings is 2. The summed E-state index contributed by atoms with van der Waals surface area (Å²) in [7, 11) is 0. The number of halogens is 1. The molecule has 4 unspecified atom stereocenters. The molecule has 0 radical (unpaired) electrons. The van der Waals surface area contributed by atoms with E-state index >= 15 is 0 Å². The van der Waals surface area contributed by atoms with Crippen molar-refractivity contribution >= 4 is 35.3 Å². The Bertz CT molecular complexity index is 1380. The fourth-order valence-corrected chi connectivity index (χ4v) is 4.28. The number of rotatable bonds is 8. The lowest BCUT2D eigenvalue weighted by Crippen LogP contribution is -2.28. The van der Waals surface area contributed by atoms with Crippen LogP contribution in [0.2, 0.25) is 5.02 Å². The van der Waals surface area contributed by atoms with E-state index in [1.54, 1.807) is 62.4 Å². The van der Waals surface area contributed by atoms with Crippen LogP contribution in [0, 0.1) is 23.2 Å². The average Bonchev–Trinajstić information content (AvgIpc) is 3.52. The summed E-state index contributed by atoms with van der Waals surface area (Å²) >= 11 is 6.17. The Morgan fingerprint density at radius 1 is 1.19 bits per heavy atom. The number of carboxylic acid groups (broad SMARTS) is 1. The van der Waals surface area contributed by atoms with Gasteiger partial charge in [-0.25, -0.2) is 4.79 Å². The second-order valence-corrected chi connectivity index (χ2v) is 9.13. The minimum Gasteiger partial charge on any atom is -0.481 e. The Labute approximate surface area is 217 Å². The molecule has 4 rings (SSSR count). The summed E-state index contributed by atoms with van der Waals surface area (Å²) in [5.41, 5.74) is 1.68. The number of hydrogen-bond donors (Lipinski definition) is 3. The highest BCUT2D eigenvalue weighted by Gasteiger charge is 2.44. The molecule has 2 amide bonds. The molecule has 0 bridgehead atoms. The van der Waals surface area contributed by atoms with E-state index in [1.165, 1.54) is 0 Å². The number of aromatic nitrogens is 1. The van der Waals surface area contributed by atoms with Gasteiger partial charge in [-0.3, -0.25) is 14.9 Å². The van der Waals surface area contributed by atoms with Crippen molar-refractivity contribution < 1.29 is 28.8 Å². The molecule has 10 nitrogen and oxygen atoms in total. The number of carbonyl (C=O) groups excluding carboxylic acids is 2. The quantitative estimate of drug-likeness (QED) is 0.372. The standard InChI is InChI=1S/C26H23ClN4O6/c1-13(25(33)34)18-11-20(18)29-24(32)16-9-7-15(8-10-16)22-23(21(12-28)37-31-22)30-26(35)36-14(2)17-5-3-4-6-19(17)27/h3-10,13-14,18,20H,11H2,1-2H3,(H,29,32)(H,30,35)(H,33,34). The van der Waals surface area contributed by atoms with E-state index in [4.69, 9.17) is 26.0 Å². The van der Waals surface area contributed by atoms with Gasteiger partial charge in [-0.2, -0.15) is 5.26 Å². The summed E-state index contributed by atoms with van der Waals surface area (Å²) in [6, 6.07) is 14.9. The molecule has 1 saturated carbocycles. The number of carbonyl (C=O) groups is 3. The van der Waals surface area contributed by atoms with Crippen LogP contribution in [0.1, 0.15) is 48.1 Å². The van der Waals surface area contributed by atoms with Crippen LogP contribution < -0.4 is 10.6 Å². The molecule has 3 aromatic rings. The van der Waals surface area contributed by atoms with E-state index in [0.717, 1.165) is 0 Å². The van der Waals surface area contributed by atoms with Gasteiger partial charge < -0.3 is 19.7 Å². The zero-order chi connectivity index (χ0) is 26.7. The van der Waals surface area contributed by atoms with Crippen molar-refractivity contribution in [2.24, 2.45) is 11.8 Å². The summed E-state index contributed by atoms with van der Waals surface area (Å²) in [6.07, 6.45) is -0.878. The topological polar surface area (TPSA) is 155 Å². The zero-order valence-electron chi connectivity index (χ0n) is 19.9. The highest BCUT2D eigenvalue weighted by Crippen LogP contribution is 2.38. The Kier molecular flexibility index (Phi) is 7.45. The predicted octanol–water partition coefficient (Wildman–Crippen LogP) is 5.02. The van der Waals surface area contributed by atoms with Crippen LogP contribution in [0.3, 0.4) is 0 Å². The molecule has 11 heteroatoms. The Balaban J connectivity index is 1.44. The maximum absolute atomic E-state index is 12.6. The Morgan fingerprint density at radius 2 is 1.89 bits per heavy atom. The molecule has 2 aromatic carbocycles. The van der Waals surface area contributed by atoms with Crippen LogP contribution in [-0.2, 0) is 9.53 Å². The van der Waals surface area contributed by atoms with Crippen LogP contribution in [0.4, 0.5) is 10.5 Å². The lowest BCUT2D eigenvalue weighted by molar-refractivity contribution is -0.141. The van der Waals surface area contributed by atoms with E-state index in [1.807, 2.05) is 6.07 Å². The predicted molar refractivity (Wildman–Crippen MR) is 133 cm³/mol. The van der Waals surface area contributed by atoms with Gasteiger partial charge >= 0.3 is 12.1 Å². The summed E-state index contributed by atoms with van der Waals surface area (Å²) in [4.78, 5) is 36.3. The first-order valence-corrected chi connectivity index (χ1v) is 11.8. The number of carboxylic acids is 1. The van der Waals surface area contributed by atoms with Gasteiger partial charge in [-0.05, 0) is 37.5 Å². The number of anilines is 1. The van der Waals surface area contributed by atoms with Crippen LogP contribution in [-0.4, -0.2) is 34.3 Å². The molecule has 1 aliphatic rings. The summed E-state index contributed by atoms with van der Waals surface area (Å²) in [5.74, 6) is -2.05. The van der Waals surface area contributed by atoms with Gasteiger partial charge in [0.2, 0.25) is 0 Å². The second kappa shape index (κ2) is 10.7. The van der Waals surface area contributed by atoms with E-state index in [0.29, 0.717) is 28.1 Å². The molecule has 3 N–H and O–H groups in total. The smallest absolute Gasteiger partial charge is 0.412 e. The van der Waals surface area contributed by atoms with Crippen LogP contribution in [0.5, 0.6) is 0 Å². The lowest BCUT2D eigenvalue weighted by atomic mass is 10.1. The molecule has 0 spiro atoms. The molecule has 1 fully saturated rings. The van der Waals surface area contributed by atoms with Crippen molar-refractivity contribution in [3.05, 3.63) is 70.4 Å². The molecule has 1 aliphatic carbocycles. The van der Waals surface area contributed by atoms with Gasteiger partial charge in [0, 0.05) is 27.8 Å². The van der Waals surface area contributed by atoms with Crippen molar-refractivity contribution in [2.75, 3.05) is 5.32 Å². The number of aliphatic carboxylic acids is 1. The second-order valence-electron chi connectivity index (χ2n) is 8.72. The van der Waals surface area contributed by atoms with Gasteiger partial charge in [-0.15, -0.1) is 0 Å². The number of amides is 2. The first kappa shape index (κ1) is 25.7. The number of nitrogens with one attached hydrogen (secondary N) is 2. The van der Waals surface area contributed by atoms with E-state index in [9.17, 15) is 19.6 Å². The van der Waals surface area contributed by atoms with Crippen molar-refractivity contribution in [3.63, 3.8) is 0 Å².